The highest BCUT2D eigenvalue weighted by molar-refractivity contribution is 6.31. The molecule has 1 unspecified atom stereocenters. The van der Waals surface area contributed by atoms with Gasteiger partial charge in [0.05, 0.1) is 18.8 Å². The summed E-state index contributed by atoms with van der Waals surface area (Å²) in [6, 6.07) is 11.2. The number of hydrogen-bond acceptors (Lipinski definition) is 3. The number of nitrogens with one attached hydrogen (secondary N) is 1. The SMILES string of the molecule is CC(NC(=O)CN(C)Cc1ccccc1Cl)c1ccco1. The lowest BCUT2D eigenvalue weighted by atomic mass is 10.2. The molecule has 1 atom stereocenters. The Morgan fingerprint density at radius 2 is 2.10 bits per heavy atom. The first-order chi connectivity index (χ1) is 10.1. The molecule has 112 valence electrons. The van der Waals surface area contributed by atoms with Gasteiger partial charge in [0, 0.05) is 11.6 Å². The maximum Gasteiger partial charge on any atom is 0.234 e. The van der Waals surface area contributed by atoms with E-state index in [1.165, 1.54) is 0 Å². The van der Waals surface area contributed by atoms with E-state index in [2.05, 4.69) is 5.32 Å². The van der Waals surface area contributed by atoms with Crippen molar-refractivity contribution in [3.63, 3.8) is 0 Å². The van der Waals surface area contributed by atoms with Crippen molar-refractivity contribution in [3.05, 3.63) is 59.0 Å². The molecule has 1 N–H and O–H groups in total. The third-order valence-electron chi connectivity index (χ3n) is 3.16. The van der Waals surface area contributed by atoms with Gasteiger partial charge in [-0.1, -0.05) is 29.8 Å². The minimum Gasteiger partial charge on any atom is -0.467 e. The molecule has 1 heterocycles. The molecule has 0 aliphatic rings. The molecule has 0 fully saturated rings. The minimum atomic E-state index is -0.138. The second-order valence-electron chi connectivity index (χ2n) is 5.07. The van der Waals surface area contributed by atoms with Gasteiger partial charge >= 0.3 is 0 Å². The van der Waals surface area contributed by atoms with Crippen LogP contribution in [0.5, 0.6) is 0 Å². The molecule has 0 bridgehead atoms. The van der Waals surface area contributed by atoms with Crippen LogP contribution in [0.3, 0.4) is 0 Å². The third kappa shape index (κ3) is 4.62. The first-order valence-electron chi connectivity index (χ1n) is 6.81. The summed E-state index contributed by atoms with van der Waals surface area (Å²) in [5, 5.41) is 3.62. The molecule has 5 heteroatoms. The van der Waals surface area contributed by atoms with E-state index in [1.807, 2.05) is 55.3 Å². The van der Waals surface area contributed by atoms with Crippen LogP contribution in [0.25, 0.3) is 0 Å². The van der Waals surface area contributed by atoms with Crippen LogP contribution in [0.4, 0.5) is 0 Å². The largest absolute Gasteiger partial charge is 0.467 e. The Morgan fingerprint density at radius 3 is 2.76 bits per heavy atom. The Morgan fingerprint density at radius 1 is 1.33 bits per heavy atom. The Balaban J connectivity index is 1.83. The highest BCUT2D eigenvalue weighted by atomic mass is 35.5. The van der Waals surface area contributed by atoms with Gasteiger partial charge in [-0.2, -0.15) is 0 Å². The fraction of sp³-hybridized carbons (Fsp3) is 0.312. The standard InChI is InChI=1S/C16H19ClN2O2/c1-12(15-8-5-9-21-15)18-16(20)11-19(2)10-13-6-3-4-7-14(13)17/h3-9,12H,10-11H2,1-2H3,(H,18,20). The van der Waals surface area contributed by atoms with Gasteiger partial charge in [-0.25, -0.2) is 0 Å². The van der Waals surface area contributed by atoms with Crippen molar-refractivity contribution in [2.45, 2.75) is 19.5 Å². The lowest BCUT2D eigenvalue weighted by Crippen LogP contribution is -2.36. The van der Waals surface area contributed by atoms with Gasteiger partial charge < -0.3 is 9.73 Å². The van der Waals surface area contributed by atoms with Gasteiger partial charge in [-0.3, -0.25) is 9.69 Å². The van der Waals surface area contributed by atoms with E-state index < -0.39 is 0 Å². The summed E-state index contributed by atoms with van der Waals surface area (Å²) in [4.78, 5) is 13.9. The molecule has 1 aromatic heterocycles. The van der Waals surface area contributed by atoms with E-state index in [4.69, 9.17) is 16.0 Å². The molecule has 0 radical (unpaired) electrons. The lowest BCUT2D eigenvalue weighted by Gasteiger charge is -2.18. The Hall–Kier alpha value is -1.78. The maximum absolute atomic E-state index is 12.0. The molecule has 0 aliphatic carbocycles. The summed E-state index contributed by atoms with van der Waals surface area (Å²) in [5.74, 6) is 0.700. The molecule has 1 aromatic carbocycles. The van der Waals surface area contributed by atoms with Gasteiger partial charge in [0.1, 0.15) is 5.76 Å². The van der Waals surface area contributed by atoms with Crippen molar-refractivity contribution in [2.24, 2.45) is 0 Å². The van der Waals surface area contributed by atoms with Crippen LogP contribution in [0.15, 0.2) is 47.1 Å². The number of amides is 1. The summed E-state index contributed by atoms with van der Waals surface area (Å²) < 4.78 is 5.27. The highest BCUT2D eigenvalue weighted by Crippen LogP contribution is 2.16. The van der Waals surface area contributed by atoms with Gasteiger partial charge in [-0.05, 0) is 37.7 Å². The topological polar surface area (TPSA) is 45.5 Å². The molecule has 2 rings (SSSR count). The average Bonchev–Trinajstić information content (AvgIpc) is 2.95. The van der Waals surface area contributed by atoms with E-state index in [0.717, 1.165) is 11.3 Å². The molecule has 0 aliphatic heterocycles. The maximum atomic E-state index is 12.0. The van der Waals surface area contributed by atoms with Crippen molar-refractivity contribution in [3.8, 4) is 0 Å². The zero-order chi connectivity index (χ0) is 15.2. The highest BCUT2D eigenvalue weighted by Gasteiger charge is 2.14. The summed E-state index contributed by atoms with van der Waals surface area (Å²) in [5.41, 5.74) is 1.01. The number of nitrogens with zero attached hydrogens (tertiary/aromatic N) is 1. The van der Waals surface area contributed by atoms with Gasteiger partial charge in [0.15, 0.2) is 0 Å². The fourth-order valence-electron chi connectivity index (χ4n) is 2.11. The Kier molecular flexibility index (Phi) is 5.42. The number of hydrogen-bond donors (Lipinski definition) is 1. The molecule has 1 amide bonds. The van der Waals surface area contributed by atoms with Crippen molar-refractivity contribution < 1.29 is 9.21 Å². The average molecular weight is 307 g/mol. The van der Waals surface area contributed by atoms with Crippen molar-refractivity contribution >= 4 is 17.5 Å². The number of rotatable bonds is 6. The molecule has 0 saturated heterocycles. The van der Waals surface area contributed by atoms with Crippen LogP contribution in [0.2, 0.25) is 5.02 Å². The number of furan rings is 1. The summed E-state index contributed by atoms with van der Waals surface area (Å²) in [6.07, 6.45) is 1.60. The van der Waals surface area contributed by atoms with E-state index in [-0.39, 0.29) is 11.9 Å². The number of carbonyl (C=O) groups is 1. The predicted octanol–water partition coefficient (Wildman–Crippen LogP) is 3.24. The lowest BCUT2D eigenvalue weighted by molar-refractivity contribution is -0.122. The summed E-state index contributed by atoms with van der Waals surface area (Å²) in [6.45, 7) is 2.82. The molecule has 4 nitrogen and oxygen atoms in total. The fourth-order valence-corrected chi connectivity index (χ4v) is 2.31. The normalized spacial score (nSPS) is 12.4. The molecule has 21 heavy (non-hydrogen) atoms. The third-order valence-corrected chi connectivity index (χ3v) is 3.53. The van der Waals surface area contributed by atoms with Crippen molar-refractivity contribution in [1.29, 1.82) is 0 Å². The number of benzene rings is 1. The van der Waals surface area contributed by atoms with Crippen LogP contribution >= 0.6 is 11.6 Å². The monoisotopic (exact) mass is 306 g/mol. The van der Waals surface area contributed by atoms with E-state index in [1.54, 1.807) is 6.26 Å². The van der Waals surface area contributed by atoms with Gasteiger partial charge in [-0.15, -0.1) is 0 Å². The number of carbonyl (C=O) groups excluding carboxylic acids is 1. The Labute approximate surface area is 129 Å². The van der Waals surface area contributed by atoms with Crippen molar-refractivity contribution in [2.75, 3.05) is 13.6 Å². The van der Waals surface area contributed by atoms with Crippen molar-refractivity contribution in [1.82, 2.24) is 10.2 Å². The van der Waals surface area contributed by atoms with Crippen LogP contribution in [0.1, 0.15) is 24.3 Å². The van der Waals surface area contributed by atoms with E-state index in [9.17, 15) is 4.79 Å². The zero-order valence-electron chi connectivity index (χ0n) is 12.2. The number of likely N-dealkylation sites (N-methyl/N-ethyl adjacent to an activating group) is 1. The minimum absolute atomic E-state index is 0.0477. The molecule has 2 aromatic rings. The van der Waals surface area contributed by atoms with Crippen LogP contribution in [-0.4, -0.2) is 24.4 Å². The molecule has 0 saturated carbocycles. The van der Waals surface area contributed by atoms with Gasteiger partial charge in [0.2, 0.25) is 5.91 Å². The smallest absolute Gasteiger partial charge is 0.234 e. The van der Waals surface area contributed by atoms with E-state index >= 15 is 0 Å². The quantitative estimate of drug-likeness (QED) is 0.891. The molecule has 0 spiro atoms. The van der Waals surface area contributed by atoms with E-state index in [0.29, 0.717) is 18.1 Å². The van der Waals surface area contributed by atoms with Crippen LogP contribution in [-0.2, 0) is 11.3 Å². The summed E-state index contributed by atoms with van der Waals surface area (Å²) >= 11 is 6.12. The second kappa shape index (κ2) is 7.29. The van der Waals surface area contributed by atoms with Crippen LogP contribution < -0.4 is 5.32 Å². The Bertz CT molecular complexity index is 584. The second-order valence-corrected chi connectivity index (χ2v) is 5.48. The summed E-state index contributed by atoms with van der Waals surface area (Å²) in [7, 11) is 1.89. The number of halogens is 1. The molecular weight excluding hydrogens is 288 g/mol. The first-order valence-corrected chi connectivity index (χ1v) is 7.19. The molecular formula is C16H19ClN2O2. The zero-order valence-corrected chi connectivity index (χ0v) is 12.9. The van der Waals surface area contributed by atoms with Crippen LogP contribution in [0, 0.1) is 0 Å². The first kappa shape index (κ1) is 15.6. The predicted molar refractivity (Wildman–Crippen MR) is 83.1 cm³/mol. The van der Waals surface area contributed by atoms with Gasteiger partial charge in [0.25, 0.3) is 0 Å².